The van der Waals surface area contributed by atoms with E-state index in [0.717, 1.165) is 0 Å². The molecule has 1 amide bonds. The number of amides is 1. The number of hydrogen-bond donors (Lipinski definition) is 0. The van der Waals surface area contributed by atoms with Crippen LogP contribution in [0.15, 0.2) is 12.7 Å². The molecule has 0 aromatic rings. The summed E-state index contributed by atoms with van der Waals surface area (Å²) in [6, 6.07) is 0. The zero-order chi connectivity index (χ0) is 11.2. The first-order valence-corrected chi connectivity index (χ1v) is 3.89. The van der Waals surface area contributed by atoms with E-state index >= 15 is 0 Å². The van der Waals surface area contributed by atoms with Crippen LogP contribution in [0.3, 0.4) is 0 Å². The molecule has 6 heteroatoms. The minimum Gasteiger partial charge on any atom is -0.383 e. The van der Waals surface area contributed by atoms with Crippen molar-refractivity contribution in [3.05, 3.63) is 12.7 Å². The third kappa shape index (κ3) is 4.27. The molecule has 0 saturated heterocycles. The van der Waals surface area contributed by atoms with E-state index in [0.29, 0.717) is 4.90 Å². The van der Waals surface area contributed by atoms with E-state index in [2.05, 4.69) is 11.3 Å². The summed E-state index contributed by atoms with van der Waals surface area (Å²) in [4.78, 5) is 11.4. The van der Waals surface area contributed by atoms with Gasteiger partial charge in [0, 0.05) is 20.2 Å². The number of ether oxygens (including phenoxy) is 1. The number of carbonyl (C=O) groups is 1. The largest absolute Gasteiger partial charge is 0.471 e. The highest BCUT2D eigenvalue weighted by molar-refractivity contribution is 5.82. The number of hydrogen-bond acceptors (Lipinski definition) is 2. The molecule has 82 valence electrons. The Labute approximate surface area is 80.1 Å². The summed E-state index contributed by atoms with van der Waals surface area (Å²) in [6.07, 6.45) is -3.60. The van der Waals surface area contributed by atoms with Crippen molar-refractivity contribution < 1.29 is 22.7 Å². The van der Waals surface area contributed by atoms with E-state index in [1.54, 1.807) is 0 Å². The summed E-state index contributed by atoms with van der Waals surface area (Å²) < 4.78 is 40.5. The fourth-order valence-corrected chi connectivity index (χ4v) is 0.812. The maximum Gasteiger partial charge on any atom is 0.471 e. The lowest BCUT2D eigenvalue weighted by atomic mass is 10.4. The molecule has 0 saturated carbocycles. The van der Waals surface area contributed by atoms with Crippen LogP contribution in [0.4, 0.5) is 13.2 Å². The van der Waals surface area contributed by atoms with E-state index in [4.69, 9.17) is 0 Å². The van der Waals surface area contributed by atoms with Gasteiger partial charge in [-0.2, -0.15) is 13.2 Å². The maximum absolute atomic E-state index is 12.0. The number of nitrogens with zero attached hydrogens (tertiary/aromatic N) is 1. The molecule has 0 N–H and O–H groups in total. The van der Waals surface area contributed by atoms with Gasteiger partial charge in [-0.1, -0.05) is 6.08 Å². The highest BCUT2D eigenvalue weighted by Crippen LogP contribution is 2.18. The molecule has 0 rings (SSSR count). The van der Waals surface area contributed by atoms with Gasteiger partial charge < -0.3 is 9.64 Å². The Kier molecular flexibility index (Phi) is 5.22. The van der Waals surface area contributed by atoms with Crippen LogP contribution in [-0.2, 0) is 9.53 Å². The third-order valence-electron chi connectivity index (χ3n) is 1.44. The van der Waals surface area contributed by atoms with Crippen molar-refractivity contribution in [3.63, 3.8) is 0 Å². The number of rotatable bonds is 5. The highest BCUT2D eigenvalue weighted by Gasteiger charge is 2.41. The van der Waals surface area contributed by atoms with Crippen molar-refractivity contribution in [1.82, 2.24) is 4.90 Å². The van der Waals surface area contributed by atoms with Crippen molar-refractivity contribution in [1.29, 1.82) is 0 Å². The van der Waals surface area contributed by atoms with Gasteiger partial charge in [0.25, 0.3) is 0 Å². The van der Waals surface area contributed by atoms with Crippen molar-refractivity contribution in [2.24, 2.45) is 0 Å². The second kappa shape index (κ2) is 5.64. The van der Waals surface area contributed by atoms with Crippen molar-refractivity contribution >= 4 is 5.91 Å². The Balaban J connectivity index is 4.32. The fourth-order valence-electron chi connectivity index (χ4n) is 0.812. The molecule has 0 atom stereocenters. The van der Waals surface area contributed by atoms with Gasteiger partial charge in [-0.25, -0.2) is 0 Å². The van der Waals surface area contributed by atoms with Crippen LogP contribution < -0.4 is 0 Å². The van der Waals surface area contributed by atoms with Crippen LogP contribution in [-0.4, -0.2) is 43.8 Å². The highest BCUT2D eigenvalue weighted by atomic mass is 19.4. The molecule has 0 aliphatic rings. The second-order valence-electron chi connectivity index (χ2n) is 2.53. The molecule has 0 unspecified atom stereocenters. The first-order chi connectivity index (χ1) is 6.43. The van der Waals surface area contributed by atoms with E-state index in [-0.39, 0.29) is 19.7 Å². The molecule has 0 aromatic carbocycles. The normalized spacial score (nSPS) is 11.1. The Morgan fingerprint density at radius 2 is 2.14 bits per heavy atom. The smallest absolute Gasteiger partial charge is 0.383 e. The quantitative estimate of drug-likeness (QED) is 0.640. The SMILES string of the molecule is C=CCN(CCOC)C(=O)C(F)(F)F. The minimum absolute atomic E-state index is 0.0651. The van der Waals surface area contributed by atoms with Crippen molar-refractivity contribution in [3.8, 4) is 0 Å². The summed E-state index contributed by atoms with van der Waals surface area (Å²) in [6.45, 7) is 3.10. The molecule has 0 heterocycles. The molecule has 0 aliphatic carbocycles. The van der Waals surface area contributed by atoms with Gasteiger partial charge in [0.2, 0.25) is 0 Å². The minimum atomic E-state index is -4.84. The predicted octanol–water partition coefficient (Wildman–Crippen LogP) is 1.21. The van der Waals surface area contributed by atoms with Crippen molar-refractivity contribution in [2.75, 3.05) is 26.8 Å². The van der Waals surface area contributed by atoms with Gasteiger partial charge in [0.1, 0.15) is 0 Å². The number of methoxy groups -OCH3 is 1. The van der Waals surface area contributed by atoms with E-state index < -0.39 is 12.1 Å². The average molecular weight is 211 g/mol. The molecule has 0 aromatic heterocycles. The Morgan fingerprint density at radius 1 is 1.57 bits per heavy atom. The number of halogens is 3. The lowest BCUT2D eigenvalue weighted by molar-refractivity contribution is -0.185. The van der Waals surface area contributed by atoms with Gasteiger partial charge in [-0.3, -0.25) is 4.79 Å². The summed E-state index contributed by atoms with van der Waals surface area (Å²) in [7, 11) is 1.35. The molecular weight excluding hydrogens is 199 g/mol. The van der Waals surface area contributed by atoms with Gasteiger partial charge in [0.05, 0.1) is 6.61 Å². The van der Waals surface area contributed by atoms with Crippen LogP contribution in [0.5, 0.6) is 0 Å². The molecule has 0 fully saturated rings. The Hall–Kier alpha value is -1.04. The van der Waals surface area contributed by atoms with Gasteiger partial charge in [-0.05, 0) is 0 Å². The average Bonchev–Trinajstić information content (AvgIpc) is 2.09. The monoisotopic (exact) mass is 211 g/mol. The lowest BCUT2D eigenvalue weighted by Gasteiger charge is -2.21. The Bertz CT molecular complexity index is 203. The first kappa shape index (κ1) is 13.0. The van der Waals surface area contributed by atoms with Gasteiger partial charge in [-0.15, -0.1) is 6.58 Å². The molecule has 0 bridgehead atoms. The predicted molar refractivity (Wildman–Crippen MR) is 44.7 cm³/mol. The number of carbonyl (C=O) groups excluding carboxylic acids is 1. The van der Waals surface area contributed by atoms with E-state index in [1.807, 2.05) is 0 Å². The summed E-state index contributed by atoms with van der Waals surface area (Å²) >= 11 is 0. The summed E-state index contributed by atoms with van der Waals surface area (Å²) in [5.74, 6) is -1.87. The third-order valence-corrected chi connectivity index (χ3v) is 1.44. The summed E-state index contributed by atoms with van der Waals surface area (Å²) in [5.41, 5.74) is 0. The van der Waals surface area contributed by atoms with Crippen LogP contribution in [0, 0.1) is 0 Å². The van der Waals surface area contributed by atoms with Crippen LogP contribution in [0.25, 0.3) is 0 Å². The van der Waals surface area contributed by atoms with Crippen LogP contribution >= 0.6 is 0 Å². The molecule has 0 spiro atoms. The Morgan fingerprint density at radius 3 is 2.50 bits per heavy atom. The van der Waals surface area contributed by atoms with E-state index in [1.165, 1.54) is 13.2 Å². The van der Waals surface area contributed by atoms with Crippen molar-refractivity contribution in [2.45, 2.75) is 6.18 Å². The summed E-state index contributed by atoms with van der Waals surface area (Å²) in [5, 5.41) is 0. The standard InChI is InChI=1S/C8H12F3NO2/c1-3-4-12(5-6-14-2)7(13)8(9,10)11/h3H,1,4-6H2,2H3. The molecule has 0 aliphatic heterocycles. The maximum atomic E-state index is 12.0. The molecule has 0 radical (unpaired) electrons. The van der Waals surface area contributed by atoms with Crippen LogP contribution in [0.2, 0.25) is 0 Å². The molecular formula is C8H12F3NO2. The molecule has 3 nitrogen and oxygen atoms in total. The lowest BCUT2D eigenvalue weighted by Crippen LogP contribution is -2.42. The second-order valence-corrected chi connectivity index (χ2v) is 2.53. The van der Waals surface area contributed by atoms with Gasteiger partial charge >= 0.3 is 12.1 Å². The topological polar surface area (TPSA) is 29.5 Å². The zero-order valence-corrected chi connectivity index (χ0v) is 7.80. The number of alkyl halides is 3. The van der Waals surface area contributed by atoms with Gasteiger partial charge in [0.15, 0.2) is 0 Å². The zero-order valence-electron chi connectivity index (χ0n) is 7.80. The van der Waals surface area contributed by atoms with E-state index in [9.17, 15) is 18.0 Å². The van der Waals surface area contributed by atoms with Crippen LogP contribution in [0.1, 0.15) is 0 Å². The first-order valence-electron chi connectivity index (χ1n) is 3.89. The fraction of sp³-hybridized carbons (Fsp3) is 0.625. The molecule has 14 heavy (non-hydrogen) atoms.